The minimum Gasteiger partial charge on any atom is -0.382 e. The first-order valence-corrected chi connectivity index (χ1v) is 13.1. The Morgan fingerprint density at radius 3 is 2.90 bits per heavy atom. The molecule has 2 aromatic rings. The number of nitrogens with two attached hydrogens (primary N) is 1. The van der Waals surface area contributed by atoms with Gasteiger partial charge in [0.1, 0.15) is 11.6 Å². The number of nitrogen functional groups attached to an aromatic ring is 1. The van der Waals surface area contributed by atoms with Gasteiger partial charge in [-0.2, -0.15) is 0 Å². The quantitative estimate of drug-likeness (QED) is 0.355. The minimum atomic E-state index is -2.73. The lowest BCUT2D eigenvalue weighted by atomic mass is 10.0. The second-order valence-electron chi connectivity index (χ2n) is 8.85. The number of aromatic nitrogens is 4. The second-order valence-corrected chi connectivity index (χ2v) is 12.4. The van der Waals surface area contributed by atoms with E-state index in [1.807, 2.05) is 20.8 Å². The molecule has 29 heavy (non-hydrogen) atoms. The molecule has 0 radical (unpaired) electrons. The van der Waals surface area contributed by atoms with Crippen LogP contribution in [0.5, 0.6) is 0 Å². The third kappa shape index (κ3) is 3.05. The summed E-state index contributed by atoms with van der Waals surface area (Å²) >= 11 is 2.06. The molecule has 5 rings (SSSR count). The Kier molecular flexibility index (Phi) is 4.40. The maximum Gasteiger partial charge on any atom is 0.200 e. The van der Waals surface area contributed by atoms with Crippen LogP contribution in [0.2, 0.25) is 0 Å². The van der Waals surface area contributed by atoms with Crippen molar-refractivity contribution < 1.29 is 18.6 Å². The van der Waals surface area contributed by atoms with Gasteiger partial charge in [-0.1, -0.05) is 0 Å². The molecule has 9 nitrogen and oxygen atoms in total. The van der Waals surface area contributed by atoms with Crippen molar-refractivity contribution in [1.82, 2.24) is 19.5 Å². The van der Waals surface area contributed by atoms with Crippen LogP contribution in [-0.2, 0) is 18.6 Å². The van der Waals surface area contributed by atoms with Gasteiger partial charge in [-0.25, -0.2) is 15.0 Å². The normalized spacial score (nSPS) is 36.7. The van der Waals surface area contributed by atoms with Gasteiger partial charge in [0.15, 0.2) is 21.1 Å². The van der Waals surface area contributed by atoms with Crippen molar-refractivity contribution in [3.8, 4) is 0 Å². The molecule has 6 atom stereocenters. The zero-order valence-corrected chi connectivity index (χ0v) is 19.9. The van der Waals surface area contributed by atoms with E-state index in [9.17, 15) is 4.57 Å². The Bertz CT molecular complexity index is 1040. The lowest BCUT2D eigenvalue weighted by Crippen LogP contribution is -2.33. The monoisotopic (exact) mass is 533 g/mol. The fraction of sp³-hybridized carbons (Fsp3) is 0.722. The van der Waals surface area contributed by atoms with E-state index in [-0.39, 0.29) is 29.6 Å². The summed E-state index contributed by atoms with van der Waals surface area (Å²) in [5.74, 6) is -0.0716. The summed E-state index contributed by atoms with van der Waals surface area (Å²) in [4.78, 5) is 13.3. The molecular formula is C18H25IN5O4P. The van der Waals surface area contributed by atoms with E-state index < -0.39 is 13.2 Å². The van der Waals surface area contributed by atoms with Crippen molar-refractivity contribution >= 4 is 46.9 Å². The molecule has 3 aliphatic rings. The molecule has 158 valence electrons. The summed E-state index contributed by atoms with van der Waals surface area (Å²) < 4.78 is 34.0. The van der Waals surface area contributed by atoms with Gasteiger partial charge in [-0.15, -0.1) is 0 Å². The van der Waals surface area contributed by atoms with Crippen molar-refractivity contribution in [2.75, 3.05) is 25.2 Å². The summed E-state index contributed by atoms with van der Waals surface area (Å²) in [6, 6.07) is -0.0153. The van der Waals surface area contributed by atoms with Crippen LogP contribution >= 0.6 is 30.0 Å². The SMILES string of the molecule is CCOP(C)(=O)C[C@@]12C[C@@H]1[C@@H](n1cnc3c(N)nc(I)nc31)[C@@H]1OC(C)(C)O[C@@H]12. The maximum absolute atomic E-state index is 13.1. The fourth-order valence-electron chi connectivity index (χ4n) is 5.46. The van der Waals surface area contributed by atoms with Crippen LogP contribution in [0.1, 0.15) is 33.2 Å². The van der Waals surface area contributed by atoms with E-state index >= 15 is 0 Å². The summed E-state index contributed by atoms with van der Waals surface area (Å²) in [6.45, 7) is 7.90. The Morgan fingerprint density at radius 2 is 2.17 bits per heavy atom. The van der Waals surface area contributed by atoms with Crippen LogP contribution in [0.25, 0.3) is 11.2 Å². The fourth-order valence-corrected chi connectivity index (χ4v) is 8.20. The number of hydrogen-bond acceptors (Lipinski definition) is 8. The zero-order valence-electron chi connectivity index (χ0n) is 16.8. The Hall–Kier alpha value is -0.810. The molecule has 11 heteroatoms. The molecule has 0 bridgehead atoms. The molecule has 0 spiro atoms. The summed E-state index contributed by atoms with van der Waals surface area (Å²) in [5.41, 5.74) is 7.14. The standard InChI is InChI=1S/C18H25IN5O4P/c1-5-26-29(4,25)7-18-6-9(18)11(12-13(18)28-17(2,3)27-12)24-8-21-10-14(20)22-16(19)23-15(10)24/h8-9,11-13H,5-7H2,1-4H3,(H2,20,22,23)/t9-,11-,12+,13+,18+,29?/m1/s1. The number of imidazole rings is 1. The summed E-state index contributed by atoms with van der Waals surface area (Å²) in [5, 5.41) is 0. The lowest BCUT2D eigenvalue weighted by molar-refractivity contribution is -0.160. The van der Waals surface area contributed by atoms with Crippen molar-refractivity contribution in [1.29, 1.82) is 0 Å². The highest BCUT2D eigenvalue weighted by Crippen LogP contribution is 2.75. The highest BCUT2D eigenvalue weighted by molar-refractivity contribution is 14.1. The molecule has 0 amide bonds. The van der Waals surface area contributed by atoms with E-state index in [1.54, 1.807) is 13.0 Å². The molecule has 0 aromatic carbocycles. The van der Waals surface area contributed by atoms with Gasteiger partial charge in [0.2, 0.25) is 7.37 Å². The average molecular weight is 533 g/mol. The van der Waals surface area contributed by atoms with Gasteiger partial charge in [0.05, 0.1) is 25.1 Å². The van der Waals surface area contributed by atoms with Crippen molar-refractivity contribution in [2.24, 2.45) is 11.3 Å². The first-order valence-electron chi connectivity index (χ1n) is 9.79. The number of ether oxygens (including phenoxy) is 2. The van der Waals surface area contributed by atoms with Crippen molar-refractivity contribution in [3.63, 3.8) is 0 Å². The molecule has 2 aromatic heterocycles. The maximum atomic E-state index is 13.1. The van der Waals surface area contributed by atoms with Gasteiger partial charge >= 0.3 is 0 Å². The van der Waals surface area contributed by atoms with E-state index in [4.69, 9.17) is 19.7 Å². The molecule has 1 saturated heterocycles. The number of anilines is 1. The van der Waals surface area contributed by atoms with Crippen LogP contribution in [0.4, 0.5) is 5.82 Å². The Labute approximate surface area is 182 Å². The highest BCUT2D eigenvalue weighted by atomic mass is 127. The smallest absolute Gasteiger partial charge is 0.200 e. The molecule has 2 N–H and O–H groups in total. The molecule has 3 heterocycles. The second kappa shape index (κ2) is 6.35. The largest absolute Gasteiger partial charge is 0.382 e. The number of rotatable bonds is 5. The average Bonchev–Trinajstić information content (AvgIpc) is 2.87. The first kappa shape index (κ1) is 20.1. The predicted octanol–water partition coefficient (Wildman–Crippen LogP) is 3.04. The van der Waals surface area contributed by atoms with Crippen molar-refractivity contribution in [3.05, 3.63) is 10.2 Å². The van der Waals surface area contributed by atoms with Crippen LogP contribution in [0.15, 0.2) is 6.33 Å². The third-order valence-electron chi connectivity index (χ3n) is 6.35. The third-order valence-corrected chi connectivity index (χ3v) is 8.80. The van der Waals surface area contributed by atoms with E-state index in [0.717, 1.165) is 6.42 Å². The van der Waals surface area contributed by atoms with Crippen LogP contribution < -0.4 is 5.73 Å². The molecule has 1 unspecified atom stereocenters. The van der Waals surface area contributed by atoms with Gasteiger partial charge in [-0.3, -0.25) is 4.57 Å². The predicted molar refractivity (Wildman–Crippen MR) is 116 cm³/mol. The van der Waals surface area contributed by atoms with Gasteiger partial charge in [-0.05, 0) is 33.1 Å². The van der Waals surface area contributed by atoms with E-state index in [1.165, 1.54) is 0 Å². The van der Waals surface area contributed by atoms with Crippen LogP contribution in [0.3, 0.4) is 0 Å². The van der Waals surface area contributed by atoms with E-state index in [2.05, 4.69) is 42.1 Å². The summed E-state index contributed by atoms with van der Waals surface area (Å²) in [6.07, 6.45) is 2.87. The number of fused-ring (bicyclic) bond motifs is 4. The molecule has 3 fully saturated rings. The molecule has 2 saturated carbocycles. The van der Waals surface area contributed by atoms with E-state index in [0.29, 0.717) is 33.6 Å². The lowest BCUT2D eigenvalue weighted by Gasteiger charge is -2.25. The van der Waals surface area contributed by atoms with Crippen molar-refractivity contribution in [2.45, 2.75) is 51.2 Å². The molecule has 2 aliphatic carbocycles. The Balaban J connectivity index is 1.58. The highest BCUT2D eigenvalue weighted by Gasteiger charge is 2.76. The molecule has 1 aliphatic heterocycles. The van der Waals surface area contributed by atoms with Gasteiger partial charge in [0.25, 0.3) is 0 Å². The first-order chi connectivity index (χ1) is 13.6. The number of halogens is 1. The van der Waals surface area contributed by atoms with Gasteiger partial charge in [0, 0.05) is 40.8 Å². The zero-order chi connectivity index (χ0) is 20.8. The van der Waals surface area contributed by atoms with Gasteiger partial charge < -0.3 is 24.3 Å². The topological polar surface area (TPSA) is 114 Å². The van der Waals surface area contributed by atoms with Crippen LogP contribution in [0, 0.1) is 15.2 Å². The number of hydrogen-bond donors (Lipinski definition) is 1. The minimum absolute atomic E-state index is 0.0153. The number of nitrogens with zero attached hydrogens (tertiary/aromatic N) is 4. The van der Waals surface area contributed by atoms with Crippen LogP contribution in [-0.4, -0.2) is 56.9 Å². The Morgan fingerprint density at radius 1 is 1.41 bits per heavy atom. The summed E-state index contributed by atoms with van der Waals surface area (Å²) in [7, 11) is -2.73. The molecular weight excluding hydrogens is 508 g/mol.